The average molecular weight is 263 g/mol. The van der Waals surface area contributed by atoms with Crippen molar-refractivity contribution in [1.29, 1.82) is 0 Å². The van der Waals surface area contributed by atoms with E-state index in [9.17, 15) is 5.11 Å². The van der Waals surface area contributed by atoms with Crippen LogP contribution in [0.2, 0.25) is 0 Å². The summed E-state index contributed by atoms with van der Waals surface area (Å²) in [7, 11) is 1.79. The molecule has 0 radical (unpaired) electrons. The second-order valence-corrected chi connectivity index (χ2v) is 6.05. The normalized spacial score (nSPS) is 26.7. The SMILES string of the molecule is CCC(NC1CC(OC)C1(C)C)c1ccc(O)cc1. The minimum Gasteiger partial charge on any atom is -0.508 e. The Balaban J connectivity index is 2.03. The predicted octanol–water partition coefficient (Wildman–Crippen LogP) is 3.25. The molecule has 1 aromatic carbocycles. The Kier molecular flexibility index (Phi) is 4.16. The Morgan fingerprint density at radius 2 is 2.00 bits per heavy atom. The van der Waals surface area contributed by atoms with Crippen LogP contribution in [0.25, 0.3) is 0 Å². The molecular weight excluding hydrogens is 238 g/mol. The monoisotopic (exact) mass is 263 g/mol. The lowest BCUT2D eigenvalue weighted by atomic mass is 9.64. The summed E-state index contributed by atoms with van der Waals surface area (Å²) in [4.78, 5) is 0. The van der Waals surface area contributed by atoms with E-state index in [-0.39, 0.29) is 5.41 Å². The van der Waals surface area contributed by atoms with E-state index in [0.29, 0.717) is 23.9 Å². The van der Waals surface area contributed by atoms with Gasteiger partial charge in [0.2, 0.25) is 0 Å². The zero-order valence-electron chi connectivity index (χ0n) is 12.3. The van der Waals surface area contributed by atoms with Crippen molar-refractivity contribution >= 4 is 0 Å². The van der Waals surface area contributed by atoms with Gasteiger partial charge in [0.1, 0.15) is 5.75 Å². The number of rotatable bonds is 5. The first-order valence-electron chi connectivity index (χ1n) is 7.06. The number of hydrogen-bond donors (Lipinski definition) is 2. The second-order valence-electron chi connectivity index (χ2n) is 6.05. The van der Waals surface area contributed by atoms with Gasteiger partial charge in [0.05, 0.1) is 6.10 Å². The van der Waals surface area contributed by atoms with E-state index in [1.165, 1.54) is 5.56 Å². The summed E-state index contributed by atoms with van der Waals surface area (Å²) in [6.07, 6.45) is 2.45. The molecule has 0 heterocycles. The second kappa shape index (κ2) is 5.51. The summed E-state index contributed by atoms with van der Waals surface area (Å²) in [5.41, 5.74) is 1.41. The minimum atomic E-state index is 0.180. The van der Waals surface area contributed by atoms with Crippen molar-refractivity contribution in [2.24, 2.45) is 5.41 Å². The molecule has 1 aromatic rings. The molecule has 3 nitrogen and oxygen atoms in total. The zero-order chi connectivity index (χ0) is 14.0. The molecule has 3 atom stereocenters. The van der Waals surface area contributed by atoms with Crippen LogP contribution in [0.3, 0.4) is 0 Å². The van der Waals surface area contributed by atoms with Gasteiger partial charge in [-0.3, -0.25) is 0 Å². The Bertz CT molecular complexity index is 413. The molecule has 106 valence electrons. The zero-order valence-corrected chi connectivity index (χ0v) is 12.3. The van der Waals surface area contributed by atoms with Crippen LogP contribution in [-0.2, 0) is 4.74 Å². The molecule has 0 bridgehead atoms. The number of methoxy groups -OCH3 is 1. The molecule has 0 saturated heterocycles. The van der Waals surface area contributed by atoms with Gasteiger partial charge in [-0.25, -0.2) is 0 Å². The molecule has 1 saturated carbocycles. The third-order valence-corrected chi connectivity index (χ3v) is 4.57. The summed E-state index contributed by atoms with van der Waals surface area (Å²) < 4.78 is 5.50. The van der Waals surface area contributed by atoms with Crippen LogP contribution in [0.4, 0.5) is 0 Å². The van der Waals surface area contributed by atoms with E-state index in [2.05, 4.69) is 26.1 Å². The Morgan fingerprint density at radius 3 is 2.47 bits per heavy atom. The van der Waals surface area contributed by atoms with Gasteiger partial charge in [0.25, 0.3) is 0 Å². The number of phenols is 1. The molecule has 0 aliphatic heterocycles. The highest BCUT2D eigenvalue weighted by molar-refractivity contribution is 5.28. The lowest BCUT2D eigenvalue weighted by Crippen LogP contribution is -2.61. The Labute approximate surface area is 116 Å². The van der Waals surface area contributed by atoms with Crippen LogP contribution in [0.5, 0.6) is 5.75 Å². The maximum Gasteiger partial charge on any atom is 0.115 e. The summed E-state index contributed by atoms with van der Waals surface area (Å²) in [6, 6.07) is 8.32. The van der Waals surface area contributed by atoms with Gasteiger partial charge < -0.3 is 15.2 Å². The van der Waals surface area contributed by atoms with Crippen molar-refractivity contribution in [2.45, 2.75) is 51.8 Å². The van der Waals surface area contributed by atoms with Crippen LogP contribution in [0, 0.1) is 5.41 Å². The Hall–Kier alpha value is -1.06. The summed E-state index contributed by atoms with van der Waals surface area (Å²) in [6.45, 7) is 6.70. The van der Waals surface area contributed by atoms with Gasteiger partial charge in [-0.2, -0.15) is 0 Å². The van der Waals surface area contributed by atoms with Crippen molar-refractivity contribution in [3.8, 4) is 5.75 Å². The number of aromatic hydroxyl groups is 1. The van der Waals surface area contributed by atoms with Gasteiger partial charge in [0, 0.05) is 24.6 Å². The minimum absolute atomic E-state index is 0.180. The van der Waals surface area contributed by atoms with Crippen molar-refractivity contribution in [1.82, 2.24) is 5.32 Å². The fourth-order valence-corrected chi connectivity index (χ4v) is 2.97. The molecule has 0 amide bonds. The predicted molar refractivity (Wildman–Crippen MR) is 77.3 cm³/mol. The highest BCUT2D eigenvalue weighted by Crippen LogP contribution is 2.43. The summed E-state index contributed by atoms with van der Waals surface area (Å²) in [5, 5.41) is 13.1. The van der Waals surface area contributed by atoms with Crippen molar-refractivity contribution < 1.29 is 9.84 Å². The van der Waals surface area contributed by atoms with E-state index in [4.69, 9.17) is 4.74 Å². The maximum absolute atomic E-state index is 9.36. The molecular formula is C16H25NO2. The molecule has 1 aliphatic rings. The fourth-order valence-electron chi connectivity index (χ4n) is 2.97. The fraction of sp³-hybridized carbons (Fsp3) is 0.625. The molecule has 19 heavy (non-hydrogen) atoms. The quantitative estimate of drug-likeness (QED) is 0.857. The van der Waals surface area contributed by atoms with Crippen LogP contribution in [-0.4, -0.2) is 24.4 Å². The van der Waals surface area contributed by atoms with Crippen LogP contribution >= 0.6 is 0 Å². The lowest BCUT2D eigenvalue weighted by molar-refractivity contribution is -0.100. The van der Waals surface area contributed by atoms with Gasteiger partial charge in [-0.15, -0.1) is 0 Å². The first-order chi connectivity index (χ1) is 8.98. The average Bonchev–Trinajstić information content (AvgIpc) is 2.39. The highest BCUT2D eigenvalue weighted by atomic mass is 16.5. The van der Waals surface area contributed by atoms with E-state index in [1.807, 2.05) is 12.1 Å². The van der Waals surface area contributed by atoms with Crippen molar-refractivity contribution in [3.63, 3.8) is 0 Å². The number of nitrogens with one attached hydrogen (secondary N) is 1. The molecule has 2 N–H and O–H groups in total. The number of benzene rings is 1. The van der Waals surface area contributed by atoms with Gasteiger partial charge in [0.15, 0.2) is 0 Å². The maximum atomic E-state index is 9.36. The molecule has 1 aliphatic carbocycles. The standard InChI is InChI=1S/C16H25NO2/c1-5-13(11-6-8-12(18)9-7-11)17-14-10-15(19-4)16(14,2)3/h6-9,13-15,17-18H,5,10H2,1-4H3. The molecule has 0 aromatic heterocycles. The lowest BCUT2D eigenvalue weighted by Gasteiger charge is -2.52. The first kappa shape index (κ1) is 14.4. The van der Waals surface area contributed by atoms with Gasteiger partial charge in [-0.05, 0) is 30.5 Å². The third-order valence-electron chi connectivity index (χ3n) is 4.57. The number of hydrogen-bond acceptors (Lipinski definition) is 3. The summed E-state index contributed by atoms with van der Waals surface area (Å²) >= 11 is 0. The molecule has 1 fully saturated rings. The molecule has 0 spiro atoms. The number of phenolic OH excluding ortho intramolecular Hbond substituents is 1. The topological polar surface area (TPSA) is 41.5 Å². The van der Waals surface area contributed by atoms with E-state index >= 15 is 0 Å². The van der Waals surface area contributed by atoms with E-state index in [0.717, 1.165) is 12.8 Å². The van der Waals surface area contributed by atoms with E-state index in [1.54, 1.807) is 19.2 Å². The van der Waals surface area contributed by atoms with Gasteiger partial charge in [-0.1, -0.05) is 32.9 Å². The first-order valence-corrected chi connectivity index (χ1v) is 7.06. The van der Waals surface area contributed by atoms with Gasteiger partial charge >= 0.3 is 0 Å². The molecule has 3 unspecified atom stereocenters. The highest BCUT2D eigenvalue weighted by Gasteiger charge is 2.48. The Morgan fingerprint density at radius 1 is 1.37 bits per heavy atom. The van der Waals surface area contributed by atoms with Crippen LogP contribution in [0.15, 0.2) is 24.3 Å². The van der Waals surface area contributed by atoms with Crippen molar-refractivity contribution in [3.05, 3.63) is 29.8 Å². The molecule has 3 heteroatoms. The number of ether oxygens (including phenoxy) is 1. The summed E-state index contributed by atoms with van der Waals surface area (Å²) in [5.74, 6) is 0.321. The third kappa shape index (κ3) is 2.77. The van der Waals surface area contributed by atoms with Crippen molar-refractivity contribution in [2.75, 3.05) is 7.11 Å². The van der Waals surface area contributed by atoms with Crippen LogP contribution < -0.4 is 5.32 Å². The van der Waals surface area contributed by atoms with Crippen LogP contribution in [0.1, 0.15) is 45.2 Å². The smallest absolute Gasteiger partial charge is 0.115 e. The van der Waals surface area contributed by atoms with E-state index < -0.39 is 0 Å². The largest absolute Gasteiger partial charge is 0.508 e. The molecule has 2 rings (SSSR count).